The fraction of sp³-hybridized carbons (Fsp3) is 0. The van der Waals surface area contributed by atoms with Crippen LogP contribution in [-0.2, 0) is 0 Å². The Morgan fingerprint density at radius 2 is 1.07 bits per heavy atom. The summed E-state index contributed by atoms with van der Waals surface area (Å²) in [4.78, 5) is 2.10. The number of nitrogens with zero attached hydrogens (tertiary/aromatic N) is 4. The van der Waals surface area contributed by atoms with Crippen molar-refractivity contribution in [1.29, 1.82) is 10.5 Å². The predicted molar refractivity (Wildman–Crippen MR) is 162 cm³/mol. The van der Waals surface area contributed by atoms with Gasteiger partial charge in [0.05, 0.1) is 33.5 Å². The molecular weight excluding hydrogens is 488 g/mol. The third-order valence-electron chi connectivity index (χ3n) is 7.43. The number of aromatic nitrogens is 1. The van der Waals surface area contributed by atoms with Gasteiger partial charge in [0.15, 0.2) is 0 Å². The van der Waals surface area contributed by atoms with E-state index >= 15 is 0 Å². The summed E-state index contributed by atoms with van der Waals surface area (Å²) in [5.41, 5.74) is 6.05. The molecule has 0 saturated carbocycles. The Morgan fingerprint density at radius 1 is 0.500 bits per heavy atom. The molecule has 0 radical (unpaired) electrons. The molecule has 1 aromatic heterocycles. The molecule has 0 unspecified atom stereocenters. The van der Waals surface area contributed by atoms with E-state index in [4.69, 9.17) is 0 Å². The number of rotatable bonds is 4. The van der Waals surface area contributed by atoms with E-state index in [9.17, 15) is 10.5 Å². The van der Waals surface area contributed by atoms with E-state index in [0.717, 1.165) is 44.0 Å². The molecule has 186 valence electrons. The van der Waals surface area contributed by atoms with Gasteiger partial charge in [-0.05, 0) is 59.3 Å². The number of nitriles is 2. The molecule has 4 nitrogen and oxygen atoms in total. The summed E-state index contributed by atoms with van der Waals surface area (Å²) in [7, 11) is 0. The third-order valence-corrected chi connectivity index (χ3v) is 7.43. The van der Waals surface area contributed by atoms with Crippen molar-refractivity contribution in [3.05, 3.63) is 145 Å². The Kier molecular flexibility index (Phi) is 5.52. The molecule has 0 saturated heterocycles. The zero-order valence-corrected chi connectivity index (χ0v) is 21.5. The van der Waals surface area contributed by atoms with Crippen molar-refractivity contribution >= 4 is 49.6 Å². The summed E-state index contributed by atoms with van der Waals surface area (Å²) < 4.78 is 2.14. The lowest BCUT2D eigenvalue weighted by atomic mass is 10.0. The van der Waals surface area contributed by atoms with Crippen LogP contribution in [0.15, 0.2) is 133 Å². The van der Waals surface area contributed by atoms with Gasteiger partial charge in [0, 0.05) is 22.1 Å². The lowest BCUT2D eigenvalue weighted by Gasteiger charge is -2.30. The molecule has 0 aliphatic heterocycles. The number of anilines is 3. The van der Waals surface area contributed by atoms with Gasteiger partial charge in [-0.1, -0.05) is 84.9 Å². The Hall–Kier alpha value is -5.84. The van der Waals surface area contributed by atoms with Gasteiger partial charge in [-0.15, -0.1) is 0 Å². The molecule has 0 spiro atoms. The quantitative estimate of drug-likeness (QED) is 0.237. The molecule has 0 fully saturated rings. The highest BCUT2D eigenvalue weighted by Gasteiger charge is 2.26. The summed E-state index contributed by atoms with van der Waals surface area (Å²) in [6.07, 6.45) is 0. The standard InChI is InChI=1S/C36H22N4/c37-23-27-18-19-28(24-38)36(40-33-16-8-6-14-31(33)32-15-7-9-17-34(32)40)35(27)39(29-12-2-1-3-13-29)30-21-20-25-10-4-5-11-26(25)22-30/h1-22H. The van der Waals surface area contributed by atoms with Gasteiger partial charge in [0.2, 0.25) is 0 Å². The van der Waals surface area contributed by atoms with Gasteiger partial charge in [0.1, 0.15) is 12.1 Å². The Balaban J connectivity index is 1.65. The lowest BCUT2D eigenvalue weighted by molar-refractivity contribution is 1.13. The minimum Gasteiger partial charge on any atom is -0.307 e. The van der Waals surface area contributed by atoms with E-state index in [1.807, 2.05) is 66.7 Å². The molecule has 6 aromatic carbocycles. The summed E-state index contributed by atoms with van der Waals surface area (Å²) in [6, 6.07) is 49.4. The van der Waals surface area contributed by atoms with Crippen LogP contribution in [0.2, 0.25) is 0 Å². The van der Waals surface area contributed by atoms with Crippen LogP contribution in [0.5, 0.6) is 0 Å². The molecule has 7 aromatic rings. The highest BCUT2D eigenvalue weighted by atomic mass is 15.2. The summed E-state index contributed by atoms with van der Waals surface area (Å²) >= 11 is 0. The van der Waals surface area contributed by atoms with Crippen LogP contribution in [0.4, 0.5) is 17.1 Å². The normalized spacial score (nSPS) is 10.9. The Labute approximate surface area is 231 Å². The average molecular weight is 511 g/mol. The van der Waals surface area contributed by atoms with Crippen LogP contribution in [0.25, 0.3) is 38.3 Å². The summed E-state index contributed by atoms with van der Waals surface area (Å²) in [5, 5.41) is 25.3. The largest absolute Gasteiger partial charge is 0.307 e. The third kappa shape index (κ3) is 3.60. The second-order valence-corrected chi connectivity index (χ2v) is 9.65. The zero-order chi connectivity index (χ0) is 27.1. The molecule has 0 amide bonds. The van der Waals surface area contributed by atoms with Crippen LogP contribution in [0.1, 0.15) is 11.1 Å². The van der Waals surface area contributed by atoms with Crippen LogP contribution >= 0.6 is 0 Å². The van der Waals surface area contributed by atoms with Crippen LogP contribution in [0.3, 0.4) is 0 Å². The summed E-state index contributed by atoms with van der Waals surface area (Å²) in [6.45, 7) is 0. The van der Waals surface area contributed by atoms with Gasteiger partial charge in [0.25, 0.3) is 0 Å². The summed E-state index contributed by atoms with van der Waals surface area (Å²) in [5.74, 6) is 0. The first-order chi connectivity index (χ1) is 19.8. The highest BCUT2D eigenvalue weighted by molar-refractivity contribution is 6.10. The van der Waals surface area contributed by atoms with E-state index in [1.54, 1.807) is 12.1 Å². The van der Waals surface area contributed by atoms with Crippen LogP contribution in [-0.4, -0.2) is 4.57 Å². The van der Waals surface area contributed by atoms with Crippen LogP contribution in [0, 0.1) is 22.7 Å². The SMILES string of the molecule is N#Cc1ccc(C#N)c(-n2c3ccccc3c3ccccc32)c1N(c1ccccc1)c1ccc2ccccc2c1. The van der Waals surface area contributed by atoms with Crippen molar-refractivity contribution in [1.82, 2.24) is 4.57 Å². The van der Waals surface area contributed by atoms with E-state index in [0.29, 0.717) is 22.5 Å². The fourth-order valence-corrected chi connectivity index (χ4v) is 5.68. The molecule has 0 atom stereocenters. The lowest BCUT2D eigenvalue weighted by Crippen LogP contribution is -2.16. The van der Waals surface area contributed by atoms with Gasteiger partial charge < -0.3 is 9.47 Å². The first-order valence-electron chi connectivity index (χ1n) is 13.1. The molecule has 0 N–H and O–H groups in total. The molecule has 0 aliphatic carbocycles. The van der Waals surface area contributed by atoms with Crippen molar-refractivity contribution < 1.29 is 0 Å². The number of para-hydroxylation sites is 3. The maximum Gasteiger partial charge on any atom is 0.101 e. The van der Waals surface area contributed by atoms with Crippen molar-refractivity contribution in [3.63, 3.8) is 0 Å². The van der Waals surface area contributed by atoms with Crippen molar-refractivity contribution in [2.75, 3.05) is 4.90 Å². The first-order valence-corrected chi connectivity index (χ1v) is 13.1. The van der Waals surface area contributed by atoms with Crippen molar-refractivity contribution in [2.24, 2.45) is 0 Å². The van der Waals surface area contributed by atoms with Crippen molar-refractivity contribution in [2.45, 2.75) is 0 Å². The van der Waals surface area contributed by atoms with Crippen molar-refractivity contribution in [3.8, 4) is 17.8 Å². The average Bonchev–Trinajstić information content (AvgIpc) is 3.35. The molecule has 0 bridgehead atoms. The first kappa shape index (κ1) is 23.3. The minimum atomic E-state index is 0.480. The van der Waals surface area contributed by atoms with E-state index in [1.165, 1.54) is 0 Å². The van der Waals surface area contributed by atoms with Crippen LogP contribution < -0.4 is 4.90 Å². The van der Waals surface area contributed by atoms with Gasteiger partial charge >= 0.3 is 0 Å². The second kappa shape index (κ2) is 9.48. The Morgan fingerprint density at radius 3 is 1.75 bits per heavy atom. The smallest absolute Gasteiger partial charge is 0.101 e. The Bertz CT molecular complexity index is 2090. The number of fused-ring (bicyclic) bond motifs is 4. The van der Waals surface area contributed by atoms with Gasteiger partial charge in [-0.2, -0.15) is 10.5 Å². The molecular formula is C36H22N4. The van der Waals surface area contributed by atoms with E-state index in [2.05, 4.69) is 76.2 Å². The van der Waals surface area contributed by atoms with Gasteiger partial charge in [-0.25, -0.2) is 0 Å². The topological polar surface area (TPSA) is 55.8 Å². The minimum absolute atomic E-state index is 0.480. The number of benzene rings is 6. The number of hydrogen-bond donors (Lipinski definition) is 0. The number of hydrogen-bond acceptors (Lipinski definition) is 3. The molecule has 0 aliphatic rings. The molecule has 4 heteroatoms. The molecule has 40 heavy (non-hydrogen) atoms. The second-order valence-electron chi connectivity index (χ2n) is 9.65. The maximum absolute atomic E-state index is 10.5. The zero-order valence-electron chi connectivity index (χ0n) is 21.5. The highest BCUT2D eigenvalue weighted by Crippen LogP contribution is 2.45. The molecule has 1 heterocycles. The monoisotopic (exact) mass is 510 g/mol. The van der Waals surface area contributed by atoms with E-state index < -0.39 is 0 Å². The van der Waals surface area contributed by atoms with E-state index in [-0.39, 0.29) is 0 Å². The maximum atomic E-state index is 10.5. The predicted octanol–water partition coefficient (Wildman–Crippen LogP) is 9.15. The molecule has 7 rings (SSSR count). The van der Waals surface area contributed by atoms with Gasteiger partial charge in [-0.3, -0.25) is 0 Å². The fourth-order valence-electron chi connectivity index (χ4n) is 5.68.